The van der Waals surface area contributed by atoms with E-state index in [0.29, 0.717) is 17.4 Å². The second kappa shape index (κ2) is 7.08. The number of nitrogens with two attached hydrogens (primary N) is 1. The molecule has 1 aromatic carbocycles. The van der Waals surface area contributed by atoms with Gasteiger partial charge in [0.1, 0.15) is 4.90 Å². The van der Waals surface area contributed by atoms with Crippen LogP contribution in [0.3, 0.4) is 0 Å². The van der Waals surface area contributed by atoms with E-state index in [0.717, 1.165) is 18.0 Å². The molecule has 9 heteroatoms. The third kappa shape index (κ3) is 3.83. The number of thioether (sulfide) groups is 1. The van der Waals surface area contributed by atoms with Crippen LogP contribution in [0, 0.1) is 0 Å². The summed E-state index contributed by atoms with van der Waals surface area (Å²) in [4.78, 5) is 6.33. The fourth-order valence-corrected chi connectivity index (χ4v) is 5.58. The zero-order valence-corrected chi connectivity index (χ0v) is 16.4. The van der Waals surface area contributed by atoms with E-state index >= 15 is 0 Å². The van der Waals surface area contributed by atoms with Crippen molar-refractivity contribution in [2.45, 2.75) is 48.8 Å². The van der Waals surface area contributed by atoms with Gasteiger partial charge in [-0.15, -0.1) is 0 Å². The van der Waals surface area contributed by atoms with Gasteiger partial charge in [0.25, 0.3) is 0 Å². The van der Waals surface area contributed by atoms with Gasteiger partial charge < -0.3 is 10.0 Å². The molecular formula is C16H22ClN3O3S2. The van der Waals surface area contributed by atoms with Crippen molar-refractivity contribution < 1.29 is 13.5 Å². The second-order valence-corrected chi connectivity index (χ2v) is 9.44. The summed E-state index contributed by atoms with van der Waals surface area (Å²) in [5, 5.41) is 17.2. The minimum absolute atomic E-state index is 0.0410. The molecule has 1 saturated carbocycles. The van der Waals surface area contributed by atoms with Gasteiger partial charge in [0.15, 0.2) is 10.9 Å². The van der Waals surface area contributed by atoms with Gasteiger partial charge in [-0.05, 0) is 25.0 Å². The zero-order valence-electron chi connectivity index (χ0n) is 14.0. The summed E-state index contributed by atoms with van der Waals surface area (Å²) in [5.41, 5.74) is -0.910. The molecule has 0 bridgehead atoms. The fourth-order valence-electron chi connectivity index (χ4n) is 3.25. The third-order valence-electron chi connectivity index (χ3n) is 4.81. The molecule has 1 aromatic rings. The van der Waals surface area contributed by atoms with Gasteiger partial charge in [-0.1, -0.05) is 48.7 Å². The molecule has 2 fully saturated rings. The monoisotopic (exact) mass is 403 g/mol. The van der Waals surface area contributed by atoms with E-state index in [1.165, 1.54) is 43.2 Å². The summed E-state index contributed by atoms with van der Waals surface area (Å²) in [6.45, 7) is 0. The number of nitrogens with zero attached hydrogens (tertiary/aromatic N) is 2. The molecule has 1 unspecified atom stereocenters. The molecule has 3 rings (SSSR count). The minimum atomic E-state index is -3.96. The Kier molecular flexibility index (Phi) is 5.37. The Morgan fingerprint density at radius 1 is 1.36 bits per heavy atom. The maximum absolute atomic E-state index is 11.7. The first-order valence-corrected chi connectivity index (χ1v) is 11.1. The van der Waals surface area contributed by atoms with Crippen molar-refractivity contribution in [2.24, 2.45) is 10.1 Å². The Balaban J connectivity index is 1.91. The standard InChI is InChI=1S/C16H22ClN3O3S2/c1-20-15(19-12-5-3-2-4-6-12)24-10-16(20,21)11-7-8-13(17)14(9-11)25(18,22)23/h7-9,12,21H,2-6,10H2,1H3,(H2,18,22,23)/b19-15-. The molecule has 1 aliphatic carbocycles. The van der Waals surface area contributed by atoms with Crippen LogP contribution in [0.15, 0.2) is 28.1 Å². The van der Waals surface area contributed by atoms with Crippen LogP contribution >= 0.6 is 23.4 Å². The number of aliphatic hydroxyl groups is 1. The molecule has 0 amide bonds. The highest BCUT2D eigenvalue weighted by molar-refractivity contribution is 8.14. The normalized spacial score (nSPS) is 27.2. The van der Waals surface area contributed by atoms with Crippen LogP contribution in [0.5, 0.6) is 0 Å². The van der Waals surface area contributed by atoms with Crippen molar-refractivity contribution in [1.29, 1.82) is 0 Å². The zero-order chi connectivity index (χ0) is 18.2. The molecular weight excluding hydrogens is 382 g/mol. The average Bonchev–Trinajstić information content (AvgIpc) is 2.85. The largest absolute Gasteiger partial charge is 0.366 e. The maximum atomic E-state index is 11.7. The van der Waals surface area contributed by atoms with Crippen LogP contribution in [0.2, 0.25) is 5.02 Å². The molecule has 3 N–H and O–H groups in total. The Bertz CT molecular complexity index is 794. The molecule has 6 nitrogen and oxygen atoms in total. The summed E-state index contributed by atoms with van der Waals surface area (Å²) in [5.74, 6) is 0.362. The SMILES string of the molecule is CN1/C(=N/C2CCCCC2)SCC1(O)c1ccc(Cl)c(S(N)(=O)=O)c1. The number of amidine groups is 1. The van der Waals surface area contributed by atoms with Gasteiger partial charge in [-0.25, -0.2) is 13.6 Å². The Hall–Kier alpha value is -0.800. The molecule has 2 aliphatic rings. The van der Waals surface area contributed by atoms with Crippen LogP contribution in [-0.2, 0) is 15.7 Å². The lowest BCUT2D eigenvalue weighted by Crippen LogP contribution is -2.42. The van der Waals surface area contributed by atoms with Crippen LogP contribution < -0.4 is 5.14 Å². The maximum Gasteiger partial charge on any atom is 0.239 e. The highest BCUT2D eigenvalue weighted by Crippen LogP contribution is 2.40. The first-order valence-electron chi connectivity index (χ1n) is 8.21. The number of rotatable bonds is 3. The van der Waals surface area contributed by atoms with Crippen molar-refractivity contribution in [3.63, 3.8) is 0 Å². The number of hydrogen-bond donors (Lipinski definition) is 2. The molecule has 0 radical (unpaired) electrons. The van der Waals surface area contributed by atoms with E-state index in [9.17, 15) is 13.5 Å². The molecule has 0 spiro atoms. The summed E-state index contributed by atoms with van der Waals surface area (Å²) in [7, 11) is -2.19. The van der Waals surface area contributed by atoms with Gasteiger partial charge in [0.05, 0.1) is 16.8 Å². The number of aliphatic imine (C=N–C) groups is 1. The first-order chi connectivity index (χ1) is 11.7. The highest BCUT2D eigenvalue weighted by Gasteiger charge is 2.43. The van der Waals surface area contributed by atoms with E-state index in [1.807, 2.05) is 0 Å². The predicted octanol–water partition coefficient (Wildman–Crippen LogP) is 2.50. The van der Waals surface area contributed by atoms with E-state index < -0.39 is 15.7 Å². The average molecular weight is 404 g/mol. The number of primary sulfonamides is 1. The van der Waals surface area contributed by atoms with Gasteiger partial charge in [-0.3, -0.25) is 4.99 Å². The number of hydrogen-bond acceptors (Lipinski definition) is 5. The van der Waals surface area contributed by atoms with Crippen LogP contribution in [-0.4, -0.2) is 42.4 Å². The minimum Gasteiger partial charge on any atom is -0.366 e. The second-order valence-electron chi connectivity index (χ2n) is 6.56. The molecule has 1 aliphatic heterocycles. The third-order valence-corrected chi connectivity index (χ3v) is 7.39. The van der Waals surface area contributed by atoms with Crippen LogP contribution in [0.1, 0.15) is 37.7 Å². The topological polar surface area (TPSA) is 96.0 Å². The lowest BCUT2D eigenvalue weighted by molar-refractivity contribution is -0.0351. The van der Waals surface area contributed by atoms with E-state index in [1.54, 1.807) is 18.0 Å². The van der Waals surface area contributed by atoms with Crippen molar-refractivity contribution >= 4 is 38.6 Å². The van der Waals surface area contributed by atoms with Crippen LogP contribution in [0.4, 0.5) is 0 Å². The smallest absolute Gasteiger partial charge is 0.239 e. The lowest BCUT2D eigenvalue weighted by Gasteiger charge is -2.32. The van der Waals surface area contributed by atoms with E-state index in [4.69, 9.17) is 21.7 Å². The van der Waals surface area contributed by atoms with Gasteiger partial charge >= 0.3 is 0 Å². The van der Waals surface area contributed by atoms with Crippen molar-refractivity contribution in [1.82, 2.24) is 4.90 Å². The molecule has 0 aromatic heterocycles. The molecule has 1 saturated heterocycles. The molecule has 25 heavy (non-hydrogen) atoms. The fraction of sp³-hybridized carbons (Fsp3) is 0.562. The van der Waals surface area contributed by atoms with E-state index in [2.05, 4.69) is 0 Å². The number of halogens is 1. The number of benzene rings is 1. The molecule has 1 heterocycles. The quantitative estimate of drug-likeness (QED) is 0.808. The Morgan fingerprint density at radius 3 is 2.68 bits per heavy atom. The summed E-state index contributed by atoms with van der Waals surface area (Å²) >= 11 is 7.42. The van der Waals surface area contributed by atoms with E-state index in [-0.39, 0.29) is 9.92 Å². The van der Waals surface area contributed by atoms with Gasteiger partial charge in [0.2, 0.25) is 10.0 Å². The van der Waals surface area contributed by atoms with Crippen LogP contribution in [0.25, 0.3) is 0 Å². The van der Waals surface area contributed by atoms with Gasteiger partial charge in [-0.2, -0.15) is 0 Å². The molecule has 138 valence electrons. The highest BCUT2D eigenvalue weighted by atomic mass is 35.5. The van der Waals surface area contributed by atoms with Crippen molar-refractivity contribution in [3.8, 4) is 0 Å². The first kappa shape index (κ1) is 19.0. The summed E-state index contributed by atoms with van der Waals surface area (Å²) in [6, 6.07) is 4.71. The summed E-state index contributed by atoms with van der Waals surface area (Å²) < 4.78 is 23.4. The van der Waals surface area contributed by atoms with Gasteiger partial charge in [0, 0.05) is 12.6 Å². The van der Waals surface area contributed by atoms with Crippen molar-refractivity contribution in [2.75, 3.05) is 12.8 Å². The summed E-state index contributed by atoms with van der Waals surface area (Å²) in [6.07, 6.45) is 5.79. The molecule has 1 atom stereocenters. The lowest BCUT2D eigenvalue weighted by atomic mass is 9.96. The predicted molar refractivity (Wildman–Crippen MR) is 101 cm³/mol. The number of sulfonamides is 1. The van der Waals surface area contributed by atoms with Crippen molar-refractivity contribution in [3.05, 3.63) is 28.8 Å². The Morgan fingerprint density at radius 2 is 2.04 bits per heavy atom. The Labute approximate surface area is 157 Å².